The Bertz CT molecular complexity index is 1880. The van der Waals surface area contributed by atoms with E-state index >= 15 is 0 Å². The normalized spacial score (nSPS) is 43.3. The molecule has 0 saturated carbocycles. The van der Waals surface area contributed by atoms with E-state index in [1.165, 1.54) is 26.2 Å². The van der Waals surface area contributed by atoms with Crippen molar-refractivity contribution in [2.75, 3.05) is 21.2 Å². The molecule has 4 fully saturated rings. The van der Waals surface area contributed by atoms with Crippen LogP contribution in [0.5, 0.6) is 0 Å². The molecule has 16 heteroatoms. The molecular formula is C45H69NO14S. The molecule has 2 bridgehead atoms. The average molecular weight is 880 g/mol. The van der Waals surface area contributed by atoms with Gasteiger partial charge in [-0.3, -0.25) is 13.8 Å². The number of carbonyl (C=O) groups excluding carboxylic acids is 2. The molecule has 0 N–H and O–H groups in total. The molecule has 0 spiro atoms. The first kappa shape index (κ1) is 47.8. The molecule has 5 aliphatic heterocycles. The second-order valence-electron chi connectivity index (χ2n) is 18.8. The highest BCUT2D eigenvalue weighted by atomic mass is 32.2. The number of hydrogen-bond donors (Lipinski definition) is 0. The van der Waals surface area contributed by atoms with Crippen molar-refractivity contribution in [3.63, 3.8) is 0 Å². The Morgan fingerprint density at radius 1 is 0.951 bits per heavy atom. The maximum Gasteiger partial charge on any atom is 0.311 e. The van der Waals surface area contributed by atoms with E-state index in [2.05, 4.69) is 0 Å². The third kappa shape index (κ3) is 9.58. The van der Waals surface area contributed by atoms with Gasteiger partial charge in [-0.05, 0) is 93.1 Å². The lowest BCUT2D eigenvalue weighted by atomic mass is 9.79. The van der Waals surface area contributed by atoms with E-state index in [4.69, 9.17) is 46.8 Å². The first-order chi connectivity index (χ1) is 28.5. The number of benzene rings is 1. The maximum absolute atomic E-state index is 14.7. The molecule has 5 heterocycles. The summed E-state index contributed by atoms with van der Waals surface area (Å²) in [6.45, 7) is 20.5. The van der Waals surface area contributed by atoms with E-state index in [9.17, 15) is 18.0 Å². The fourth-order valence-corrected chi connectivity index (χ4v) is 11.6. The monoisotopic (exact) mass is 879 g/mol. The van der Waals surface area contributed by atoms with Crippen LogP contribution in [0.15, 0.2) is 46.6 Å². The molecule has 15 nitrogen and oxygen atoms in total. The van der Waals surface area contributed by atoms with E-state index < -0.39 is 99.9 Å². The first-order valence-electron chi connectivity index (χ1n) is 21.7. The quantitative estimate of drug-likeness (QED) is 0.138. The molecule has 1 aromatic rings. The minimum absolute atomic E-state index is 0.00619. The van der Waals surface area contributed by atoms with Crippen LogP contribution in [0.4, 0.5) is 0 Å². The summed E-state index contributed by atoms with van der Waals surface area (Å²) in [5, 5.41) is 0. The van der Waals surface area contributed by atoms with Gasteiger partial charge in [0.25, 0.3) is 10.1 Å². The summed E-state index contributed by atoms with van der Waals surface area (Å²) in [6.07, 6.45) is -5.61. The summed E-state index contributed by atoms with van der Waals surface area (Å²) in [5.41, 5.74) is -1.99. The molecule has 2 unspecified atom stereocenters. The number of methoxy groups -OCH3 is 1. The van der Waals surface area contributed by atoms with Crippen LogP contribution < -0.4 is 0 Å². The number of likely N-dealkylation sites (N-methyl/N-ethyl adjacent to an activating group) is 1. The summed E-state index contributed by atoms with van der Waals surface area (Å²) >= 11 is 0. The van der Waals surface area contributed by atoms with Crippen LogP contribution in [0.2, 0.25) is 0 Å². The van der Waals surface area contributed by atoms with Crippen LogP contribution in [0, 0.1) is 17.8 Å². The van der Waals surface area contributed by atoms with E-state index in [-0.39, 0.29) is 35.5 Å². The lowest BCUT2D eigenvalue weighted by Crippen LogP contribution is -2.61. The molecule has 17 atom stereocenters. The van der Waals surface area contributed by atoms with Gasteiger partial charge in [0.2, 0.25) is 0 Å². The molecular weight excluding hydrogens is 811 g/mol. The van der Waals surface area contributed by atoms with E-state index in [0.717, 1.165) is 12.0 Å². The Balaban J connectivity index is 1.39. The summed E-state index contributed by atoms with van der Waals surface area (Å²) in [5.74, 6) is -2.15. The van der Waals surface area contributed by atoms with Crippen LogP contribution in [-0.2, 0) is 66.5 Å². The number of cyclic esters (lactones) is 1. The van der Waals surface area contributed by atoms with Gasteiger partial charge in [-0.25, -0.2) is 0 Å². The van der Waals surface area contributed by atoms with Gasteiger partial charge in [0.15, 0.2) is 18.7 Å². The zero-order valence-electron chi connectivity index (χ0n) is 38.4. The number of hydrogen-bond acceptors (Lipinski definition) is 15. The van der Waals surface area contributed by atoms with Crippen molar-refractivity contribution in [1.29, 1.82) is 0 Å². The van der Waals surface area contributed by atoms with Crippen LogP contribution in [0.25, 0.3) is 0 Å². The second-order valence-corrected chi connectivity index (χ2v) is 20.4. The smallest absolute Gasteiger partial charge is 0.311 e. The van der Waals surface area contributed by atoms with Crippen LogP contribution in [-0.4, -0.2) is 131 Å². The van der Waals surface area contributed by atoms with Crippen molar-refractivity contribution in [3.05, 3.63) is 41.7 Å². The van der Waals surface area contributed by atoms with E-state index in [0.29, 0.717) is 18.6 Å². The summed E-state index contributed by atoms with van der Waals surface area (Å²) in [4.78, 5) is 29.3. The van der Waals surface area contributed by atoms with Gasteiger partial charge in [-0.15, -0.1) is 0 Å². The fourth-order valence-electron chi connectivity index (χ4n) is 10.4. The molecule has 4 saturated heterocycles. The van der Waals surface area contributed by atoms with Gasteiger partial charge < -0.3 is 47.5 Å². The Kier molecular flexibility index (Phi) is 14.2. The highest BCUT2D eigenvalue weighted by Gasteiger charge is 2.63. The largest absolute Gasteiger partial charge is 0.488 e. The number of rotatable bonds is 12. The number of fused-ring (bicyclic) bond motifs is 2. The average Bonchev–Trinajstić information content (AvgIpc) is 3.77. The molecule has 0 amide bonds. The first-order valence-corrected chi connectivity index (χ1v) is 23.1. The van der Waals surface area contributed by atoms with E-state index in [1.807, 2.05) is 67.5 Å². The molecule has 6 rings (SSSR count). The highest BCUT2D eigenvalue weighted by molar-refractivity contribution is 7.86. The fraction of sp³-hybridized carbons (Fsp3) is 0.778. The van der Waals surface area contributed by atoms with Gasteiger partial charge in [0.05, 0.1) is 52.8 Å². The van der Waals surface area contributed by atoms with Crippen LogP contribution in [0.3, 0.4) is 0 Å². The predicted octanol–water partition coefficient (Wildman–Crippen LogP) is 5.92. The molecule has 61 heavy (non-hydrogen) atoms. The van der Waals surface area contributed by atoms with Crippen molar-refractivity contribution in [2.45, 2.75) is 191 Å². The number of nitrogens with zero attached hydrogens (tertiary/aromatic N) is 1. The van der Waals surface area contributed by atoms with Crippen molar-refractivity contribution in [1.82, 2.24) is 4.90 Å². The Morgan fingerprint density at radius 2 is 1.62 bits per heavy atom. The molecule has 1 aromatic carbocycles. The summed E-state index contributed by atoms with van der Waals surface area (Å²) < 4.78 is 91.8. The number of esters is 2. The van der Waals surface area contributed by atoms with Crippen LogP contribution >= 0.6 is 0 Å². The summed E-state index contributed by atoms with van der Waals surface area (Å²) in [6, 6.07) is 7.68. The van der Waals surface area contributed by atoms with Gasteiger partial charge in [-0.2, -0.15) is 8.42 Å². The van der Waals surface area contributed by atoms with Gasteiger partial charge in [0, 0.05) is 32.8 Å². The van der Waals surface area contributed by atoms with Crippen molar-refractivity contribution in [2.24, 2.45) is 17.8 Å². The lowest BCUT2D eigenvalue weighted by molar-refractivity contribution is -0.315. The van der Waals surface area contributed by atoms with Gasteiger partial charge in [-0.1, -0.05) is 39.0 Å². The Labute approximate surface area is 362 Å². The molecule has 0 aliphatic carbocycles. The minimum Gasteiger partial charge on any atom is -0.488 e. The van der Waals surface area contributed by atoms with Crippen molar-refractivity contribution < 1.29 is 64.8 Å². The lowest BCUT2D eigenvalue weighted by Gasteiger charge is -2.49. The number of carbonyl (C=O) groups is 2. The van der Waals surface area contributed by atoms with E-state index in [1.54, 1.807) is 39.0 Å². The topological polar surface area (TPSA) is 167 Å². The minimum atomic E-state index is -4.20. The second kappa shape index (κ2) is 18.1. The molecule has 0 aromatic heterocycles. The zero-order valence-corrected chi connectivity index (χ0v) is 39.2. The Morgan fingerprint density at radius 3 is 2.21 bits per heavy atom. The molecule has 0 radical (unpaired) electrons. The third-order valence-corrected chi connectivity index (χ3v) is 15.0. The van der Waals surface area contributed by atoms with Gasteiger partial charge in [0.1, 0.15) is 35.3 Å². The standard InChI is InChI=1S/C45H69NO14S/c1-15-33-45(11,58-33)39-26(4)35-24(2)22-44(10,59-35)38(57-42-37(54-30(8)47)32(46(12)13)21-25(3)52-42)27(5)36(28(6)41(48)56-39)55-34-23-43(9,51-14)40(29(7)53-34)60-61(49,50)31-19-17-16-18-20-31/h16-20,25-29,32-34,36-40,42H,15,21-23H2,1-14H3/t25-,26-,27+,28-,29+,32+,33-,34?,36+,37-,38-,39+,40+,42?,43-,44-,45-/m1/s1. The number of epoxide rings is 1. The number of ether oxygens (including phenoxy) is 9. The van der Waals surface area contributed by atoms with Gasteiger partial charge >= 0.3 is 11.9 Å². The predicted molar refractivity (Wildman–Crippen MR) is 222 cm³/mol. The zero-order chi connectivity index (χ0) is 45.0. The third-order valence-electron chi connectivity index (χ3n) is 13.7. The van der Waals surface area contributed by atoms with Crippen molar-refractivity contribution in [3.8, 4) is 0 Å². The molecule has 5 aliphatic rings. The molecule has 344 valence electrons. The van der Waals surface area contributed by atoms with Crippen LogP contribution in [0.1, 0.15) is 102 Å². The highest BCUT2D eigenvalue weighted by Crippen LogP contribution is 2.52. The maximum atomic E-state index is 14.7. The Hall–Kier alpha value is -2.67. The SMILES string of the molecule is CC[C@H]1O[C@@]1(C)[C@H]1OC(=O)[C@H](C)[C@@H](OC2C[C@@](C)(OC)[C@@H](OS(=O)(=O)c3ccccc3)[C@H](C)O2)[C@H](C)[C@@H](OC2O[C@H](C)C[C@H](N(C)C)[C@H]2OC(C)=O)[C@@]2(C)CC(C)=C(O2)[C@H]1C. The summed E-state index contributed by atoms with van der Waals surface area (Å²) in [7, 11) is 1.15. The van der Waals surface area contributed by atoms with Crippen molar-refractivity contribution >= 4 is 22.1 Å².